The maximum absolute atomic E-state index is 12.0. The van der Waals surface area contributed by atoms with Gasteiger partial charge in [-0.05, 0) is 11.0 Å². The zero-order valence-electron chi connectivity index (χ0n) is 14.2. The second kappa shape index (κ2) is 6.25. The average molecular weight is 336 g/mol. The first-order chi connectivity index (χ1) is 10.1. The summed E-state index contributed by atoms with van der Waals surface area (Å²) in [5.74, 6) is 0.211. The van der Waals surface area contributed by atoms with Crippen LogP contribution in [0.4, 0.5) is 0 Å². The zero-order chi connectivity index (χ0) is 16.5. The van der Waals surface area contributed by atoms with Crippen LogP contribution in [-0.4, -0.2) is 9.73 Å². The molecule has 1 N–H and O–H groups in total. The van der Waals surface area contributed by atoms with Crippen molar-refractivity contribution in [2.75, 3.05) is 0 Å². The van der Waals surface area contributed by atoms with Gasteiger partial charge in [-0.2, -0.15) is 0 Å². The highest BCUT2D eigenvalue weighted by Gasteiger charge is 2.32. The summed E-state index contributed by atoms with van der Waals surface area (Å²) in [6, 6.07) is 10.5. The molecule has 1 aromatic carbocycles. The van der Waals surface area contributed by atoms with Gasteiger partial charge < -0.3 is 4.98 Å². The standard InChI is InChI=1S/C18H25NOS2/c1-17(2,3)13(12-10-8-7-9-11-12)14-15(19-16(20)21-14)22-18(4,5)6/h7-11,13H,1-6H3,(H,19,20)/t13-/m1/s1. The van der Waals surface area contributed by atoms with E-state index in [2.05, 4.69) is 70.8 Å². The van der Waals surface area contributed by atoms with Crippen molar-refractivity contribution in [1.82, 2.24) is 4.98 Å². The SMILES string of the molecule is CC(C)(C)Sc1[nH]c(=O)sc1[C@@H](c1ccccc1)C(C)(C)C. The molecule has 0 saturated heterocycles. The van der Waals surface area contributed by atoms with Crippen LogP contribution >= 0.6 is 23.1 Å². The Kier molecular flexibility index (Phi) is 4.93. The number of hydrogen-bond donors (Lipinski definition) is 1. The minimum atomic E-state index is 0.0342. The van der Waals surface area contributed by atoms with E-state index in [1.54, 1.807) is 11.8 Å². The van der Waals surface area contributed by atoms with Crippen LogP contribution in [0.25, 0.3) is 0 Å². The topological polar surface area (TPSA) is 32.9 Å². The van der Waals surface area contributed by atoms with Gasteiger partial charge in [-0.1, -0.05) is 83.2 Å². The summed E-state index contributed by atoms with van der Waals surface area (Å²) < 4.78 is 0.0673. The second-order valence-electron chi connectivity index (χ2n) is 7.63. The van der Waals surface area contributed by atoms with E-state index in [-0.39, 0.29) is 21.0 Å². The Hall–Kier alpha value is -1.00. The first kappa shape index (κ1) is 17.4. The molecule has 0 aliphatic carbocycles. The Labute approximate surface area is 141 Å². The van der Waals surface area contributed by atoms with E-state index in [9.17, 15) is 4.79 Å². The van der Waals surface area contributed by atoms with Crippen LogP contribution in [0.5, 0.6) is 0 Å². The molecule has 22 heavy (non-hydrogen) atoms. The predicted molar refractivity (Wildman–Crippen MR) is 98.3 cm³/mol. The van der Waals surface area contributed by atoms with Crippen molar-refractivity contribution in [3.63, 3.8) is 0 Å². The normalized spacial score (nSPS) is 14.1. The van der Waals surface area contributed by atoms with Crippen molar-refractivity contribution in [3.05, 3.63) is 50.4 Å². The van der Waals surface area contributed by atoms with Crippen LogP contribution < -0.4 is 4.87 Å². The first-order valence-corrected chi connectivity index (χ1v) is 9.18. The van der Waals surface area contributed by atoms with Crippen LogP contribution in [0.3, 0.4) is 0 Å². The van der Waals surface area contributed by atoms with E-state index in [1.165, 1.54) is 16.9 Å². The molecule has 0 saturated carbocycles. The zero-order valence-corrected chi connectivity index (χ0v) is 15.8. The number of rotatable bonds is 3. The number of benzene rings is 1. The molecule has 0 aliphatic rings. The molecule has 0 aliphatic heterocycles. The quantitative estimate of drug-likeness (QED) is 0.751. The highest BCUT2D eigenvalue weighted by molar-refractivity contribution is 8.00. The van der Waals surface area contributed by atoms with Gasteiger partial charge in [0.05, 0.1) is 5.03 Å². The Balaban J connectivity index is 2.57. The third-order valence-corrected chi connectivity index (χ3v) is 5.53. The Morgan fingerprint density at radius 2 is 1.64 bits per heavy atom. The van der Waals surface area contributed by atoms with Gasteiger partial charge in [0.2, 0.25) is 0 Å². The number of thiazole rings is 1. The van der Waals surface area contributed by atoms with Gasteiger partial charge in [0, 0.05) is 15.5 Å². The van der Waals surface area contributed by atoms with E-state index in [0.717, 1.165) is 9.90 Å². The predicted octanol–water partition coefficient (Wildman–Crippen LogP) is 5.51. The molecule has 2 nitrogen and oxygen atoms in total. The minimum Gasteiger partial charge on any atom is -0.307 e. The molecular weight excluding hydrogens is 310 g/mol. The van der Waals surface area contributed by atoms with Crippen molar-refractivity contribution in [3.8, 4) is 0 Å². The van der Waals surface area contributed by atoms with Crippen LogP contribution in [0, 0.1) is 5.41 Å². The summed E-state index contributed by atoms with van der Waals surface area (Å²) in [7, 11) is 0. The van der Waals surface area contributed by atoms with Gasteiger partial charge in [-0.15, -0.1) is 11.8 Å². The van der Waals surface area contributed by atoms with Gasteiger partial charge in [0.25, 0.3) is 0 Å². The fourth-order valence-electron chi connectivity index (χ4n) is 2.59. The summed E-state index contributed by atoms with van der Waals surface area (Å²) in [6.45, 7) is 13.2. The summed E-state index contributed by atoms with van der Waals surface area (Å²) in [5, 5.41) is 1.02. The molecule has 1 aromatic heterocycles. The van der Waals surface area contributed by atoms with Crippen molar-refractivity contribution >= 4 is 23.1 Å². The lowest BCUT2D eigenvalue weighted by molar-refractivity contribution is 0.359. The monoisotopic (exact) mass is 335 g/mol. The number of aromatic amines is 1. The smallest absolute Gasteiger partial charge is 0.305 e. The van der Waals surface area contributed by atoms with Gasteiger partial charge in [-0.3, -0.25) is 4.79 Å². The fourth-order valence-corrected chi connectivity index (χ4v) is 4.98. The summed E-state index contributed by atoms with van der Waals surface area (Å²) >= 11 is 3.10. The van der Waals surface area contributed by atoms with Gasteiger partial charge >= 0.3 is 4.87 Å². The lowest BCUT2D eigenvalue weighted by Crippen LogP contribution is -2.20. The highest BCUT2D eigenvalue weighted by Crippen LogP contribution is 2.46. The molecule has 1 heterocycles. The Morgan fingerprint density at radius 3 is 2.14 bits per heavy atom. The average Bonchev–Trinajstić information content (AvgIpc) is 2.67. The maximum Gasteiger partial charge on any atom is 0.305 e. The lowest BCUT2D eigenvalue weighted by atomic mass is 9.76. The maximum atomic E-state index is 12.0. The Morgan fingerprint density at radius 1 is 1.05 bits per heavy atom. The van der Waals surface area contributed by atoms with Crippen LogP contribution in [-0.2, 0) is 0 Å². The third-order valence-electron chi connectivity index (χ3n) is 3.31. The van der Waals surface area contributed by atoms with E-state index >= 15 is 0 Å². The Bertz CT molecular complexity index is 672. The molecule has 0 fully saturated rings. The van der Waals surface area contributed by atoms with Crippen LogP contribution in [0.2, 0.25) is 0 Å². The van der Waals surface area contributed by atoms with Crippen molar-refractivity contribution in [2.45, 2.75) is 57.2 Å². The molecule has 2 rings (SSSR count). The number of hydrogen-bond acceptors (Lipinski definition) is 3. The minimum absolute atomic E-state index is 0.0342. The van der Waals surface area contributed by atoms with Crippen molar-refractivity contribution in [1.29, 1.82) is 0 Å². The summed E-state index contributed by atoms with van der Waals surface area (Å²) in [5.41, 5.74) is 1.31. The van der Waals surface area contributed by atoms with E-state index in [1.807, 2.05) is 6.07 Å². The van der Waals surface area contributed by atoms with Gasteiger partial charge in [0.1, 0.15) is 0 Å². The molecule has 0 bridgehead atoms. The second-order valence-corrected chi connectivity index (χ2v) is 10.5. The number of nitrogens with one attached hydrogen (secondary N) is 1. The van der Waals surface area contributed by atoms with E-state index in [0.29, 0.717) is 0 Å². The molecule has 120 valence electrons. The molecule has 0 spiro atoms. The van der Waals surface area contributed by atoms with Crippen molar-refractivity contribution < 1.29 is 0 Å². The van der Waals surface area contributed by atoms with Crippen LogP contribution in [0.1, 0.15) is 57.9 Å². The van der Waals surface area contributed by atoms with Gasteiger partial charge in [0.15, 0.2) is 0 Å². The largest absolute Gasteiger partial charge is 0.307 e. The van der Waals surface area contributed by atoms with E-state index in [4.69, 9.17) is 0 Å². The van der Waals surface area contributed by atoms with Crippen molar-refractivity contribution in [2.24, 2.45) is 5.41 Å². The number of aromatic nitrogens is 1. The summed E-state index contributed by atoms with van der Waals surface area (Å²) in [4.78, 5) is 16.2. The third kappa shape index (κ3) is 4.26. The molecule has 0 radical (unpaired) electrons. The molecular formula is C18H25NOS2. The lowest BCUT2D eigenvalue weighted by Gasteiger charge is -2.31. The molecule has 4 heteroatoms. The fraction of sp³-hybridized carbons (Fsp3) is 0.500. The number of H-pyrrole nitrogens is 1. The van der Waals surface area contributed by atoms with Crippen LogP contribution in [0.15, 0.2) is 40.2 Å². The van der Waals surface area contributed by atoms with E-state index < -0.39 is 0 Å². The summed E-state index contributed by atoms with van der Waals surface area (Å²) in [6.07, 6.45) is 0. The molecule has 2 aromatic rings. The number of thioether (sulfide) groups is 1. The van der Waals surface area contributed by atoms with Gasteiger partial charge in [-0.25, -0.2) is 0 Å². The molecule has 0 unspecified atom stereocenters. The highest BCUT2D eigenvalue weighted by atomic mass is 32.2. The first-order valence-electron chi connectivity index (χ1n) is 7.55. The molecule has 1 atom stereocenters. The molecule has 0 amide bonds.